The Labute approximate surface area is 173 Å². The molecule has 8 heteroatoms. The minimum atomic E-state index is -0.130. The fourth-order valence-corrected chi connectivity index (χ4v) is 3.06. The van der Waals surface area contributed by atoms with Gasteiger partial charge in [-0.15, -0.1) is 15.3 Å². The molecule has 1 amide bonds. The van der Waals surface area contributed by atoms with Crippen molar-refractivity contribution in [2.75, 3.05) is 17.7 Å². The maximum atomic E-state index is 12.4. The molecule has 8 nitrogen and oxygen atoms in total. The van der Waals surface area contributed by atoms with Crippen LogP contribution in [0.1, 0.15) is 17.8 Å². The Morgan fingerprint density at radius 3 is 2.63 bits per heavy atom. The molecule has 4 aromatic rings. The average Bonchev–Trinajstić information content (AvgIpc) is 3.19. The summed E-state index contributed by atoms with van der Waals surface area (Å²) in [4.78, 5) is 12.4. The highest BCUT2D eigenvalue weighted by Gasteiger charge is 2.12. The van der Waals surface area contributed by atoms with Gasteiger partial charge in [-0.2, -0.15) is 4.52 Å². The van der Waals surface area contributed by atoms with Crippen molar-refractivity contribution in [3.05, 3.63) is 78.1 Å². The van der Waals surface area contributed by atoms with E-state index in [0.717, 1.165) is 5.56 Å². The lowest BCUT2D eigenvalue weighted by atomic mass is 10.2. The summed E-state index contributed by atoms with van der Waals surface area (Å²) < 4.78 is 6.93. The lowest BCUT2D eigenvalue weighted by Gasteiger charge is -2.09. The highest BCUT2D eigenvalue weighted by atomic mass is 16.5. The van der Waals surface area contributed by atoms with Crippen molar-refractivity contribution in [1.82, 2.24) is 19.8 Å². The fraction of sp³-hybridized carbons (Fsp3) is 0.182. The van der Waals surface area contributed by atoms with E-state index in [2.05, 4.69) is 38.1 Å². The number of benzene rings is 2. The zero-order valence-electron chi connectivity index (χ0n) is 16.6. The Morgan fingerprint density at radius 1 is 1.00 bits per heavy atom. The van der Waals surface area contributed by atoms with Crippen LogP contribution in [0.2, 0.25) is 0 Å². The van der Waals surface area contributed by atoms with Crippen LogP contribution in [0, 0.1) is 0 Å². The van der Waals surface area contributed by atoms with Crippen LogP contribution in [-0.2, 0) is 17.8 Å². The third-order valence-corrected chi connectivity index (χ3v) is 4.60. The second-order valence-corrected chi connectivity index (χ2v) is 6.69. The van der Waals surface area contributed by atoms with Crippen molar-refractivity contribution in [2.45, 2.75) is 19.4 Å². The van der Waals surface area contributed by atoms with Crippen LogP contribution in [0.4, 0.5) is 11.5 Å². The van der Waals surface area contributed by atoms with Crippen molar-refractivity contribution >= 4 is 23.1 Å². The van der Waals surface area contributed by atoms with Crippen molar-refractivity contribution < 1.29 is 9.53 Å². The normalized spacial score (nSPS) is 10.7. The summed E-state index contributed by atoms with van der Waals surface area (Å²) >= 11 is 0. The molecule has 4 rings (SSSR count). The van der Waals surface area contributed by atoms with Crippen molar-refractivity contribution in [1.29, 1.82) is 0 Å². The minimum Gasteiger partial charge on any atom is -0.495 e. The molecule has 0 saturated carbocycles. The zero-order chi connectivity index (χ0) is 20.8. The van der Waals surface area contributed by atoms with Gasteiger partial charge in [-0.1, -0.05) is 42.5 Å². The van der Waals surface area contributed by atoms with Crippen LogP contribution < -0.4 is 15.4 Å². The van der Waals surface area contributed by atoms with Crippen LogP contribution in [0.15, 0.2) is 66.7 Å². The van der Waals surface area contributed by atoms with E-state index >= 15 is 0 Å². The predicted molar refractivity (Wildman–Crippen MR) is 114 cm³/mol. The van der Waals surface area contributed by atoms with Gasteiger partial charge >= 0.3 is 0 Å². The number of hydrogen-bond acceptors (Lipinski definition) is 6. The number of nitrogens with zero attached hydrogens (tertiary/aromatic N) is 4. The molecule has 0 fully saturated rings. The van der Waals surface area contributed by atoms with E-state index in [0.29, 0.717) is 41.7 Å². The number of carbonyl (C=O) groups excluding carboxylic acids is 1. The van der Waals surface area contributed by atoms with E-state index in [-0.39, 0.29) is 12.3 Å². The van der Waals surface area contributed by atoms with E-state index in [1.54, 1.807) is 23.8 Å². The molecule has 0 spiro atoms. The molecule has 0 unspecified atom stereocenters. The lowest BCUT2D eigenvalue weighted by Crippen LogP contribution is -2.14. The number of aryl methyl sites for hydroxylation is 1. The van der Waals surface area contributed by atoms with Gasteiger partial charge in [0.05, 0.1) is 12.8 Å². The van der Waals surface area contributed by atoms with Gasteiger partial charge in [0, 0.05) is 19.4 Å². The van der Waals surface area contributed by atoms with Crippen molar-refractivity contribution in [3.8, 4) is 5.75 Å². The Balaban J connectivity index is 1.40. The number of amides is 1. The first-order chi connectivity index (χ1) is 14.7. The maximum Gasteiger partial charge on any atom is 0.224 e. The number of anilines is 2. The van der Waals surface area contributed by atoms with E-state index in [9.17, 15) is 4.79 Å². The van der Waals surface area contributed by atoms with Crippen LogP contribution in [0.3, 0.4) is 0 Å². The van der Waals surface area contributed by atoms with Crippen molar-refractivity contribution in [2.24, 2.45) is 0 Å². The molecule has 0 aliphatic heterocycles. The topological polar surface area (TPSA) is 93.4 Å². The third kappa shape index (κ3) is 4.54. The molecule has 0 bridgehead atoms. The Hall–Kier alpha value is -3.94. The molecule has 0 saturated heterocycles. The minimum absolute atomic E-state index is 0.130. The fourth-order valence-electron chi connectivity index (χ4n) is 3.06. The number of nitrogens with one attached hydrogen (secondary N) is 2. The van der Waals surface area contributed by atoms with Gasteiger partial charge in [0.1, 0.15) is 11.6 Å². The van der Waals surface area contributed by atoms with Gasteiger partial charge in [0.25, 0.3) is 0 Å². The molecule has 152 valence electrons. The van der Waals surface area contributed by atoms with E-state index in [1.807, 2.05) is 42.5 Å². The second-order valence-electron chi connectivity index (χ2n) is 6.69. The lowest BCUT2D eigenvalue weighted by molar-refractivity contribution is -0.116. The first-order valence-corrected chi connectivity index (χ1v) is 9.65. The van der Waals surface area contributed by atoms with Crippen molar-refractivity contribution in [3.63, 3.8) is 0 Å². The monoisotopic (exact) mass is 402 g/mol. The molecule has 0 aliphatic carbocycles. The number of para-hydroxylation sites is 2. The number of aromatic nitrogens is 4. The molecule has 30 heavy (non-hydrogen) atoms. The Morgan fingerprint density at radius 2 is 1.80 bits per heavy atom. The number of fused-ring (bicyclic) bond motifs is 1. The summed E-state index contributed by atoms with van der Waals surface area (Å²) in [6.07, 6.45) is 0.666. The van der Waals surface area contributed by atoms with Gasteiger partial charge in [-0.05, 0) is 29.8 Å². The number of methoxy groups -OCH3 is 1. The summed E-state index contributed by atoms with van der Waals surface area (Å²) in [5, 5.41) is 19.1. The van der Waals surface area contributed by atoms with Crippen LogP contribution in [0.5, 0.6) is 5.75 Å². The second kappa shape index (κ2) is 9.04. The summed E-state index contributed by atoms with van der Waals surface area (Å²) in [5.41, 5.74) is 2.44. The molecular formula is C22H22N6O2. The van der Waals surface area contributed by atoms with Crippen LogP contribution >= 0.6 is 0 Å². The first kappa shape index (κ1) is 19.4. The van der Waals surface area contributed by atoms with Gasteiger partial charge in [0.2, 0.25) is 5.91 Å². The summed E-state index contributed by atoms with van der Waals surface area (Å²) in [6.45, 7) is 0.665. The third-order valence-electron chi connectivity index (χ3n) is 4.60. The number of hydrogen-bond donors (Lipinski definition) is 2. The Bertz CT molecular complexity index is 1140. The van der Waals surface area contributed by atoms with E-state index in [1.165, 1.54) is 0 Å². The maximum absolute atomic E-state index is 12.4. The van der Waals surface area contributed by atoms with Crippen LogP contribution in [-0.4, -0.2) is 32.8 Å². The molecule has 0 aliphatic rings. The molecular weight excluding hydrogens is 380 g/mol. The number of carbonyl (C=O) groups is 1. The number of rotatable bonds is 8. The SMILES string of the molecule is COc1ccccc1NC(=O)CCc1nnc2ccc(NCc3ccccc3)nn12. The highest BCUT2D eigenvalue weighted by molar-refractivity contribution is 5.92. The quantitative estimate of drug-likeness (QED) is 0.470. The van der Waals surface area contributed by atoms with Gasteiger partial charge in [0.15, 0.2) is 11.5 Å². The molecule has 0 radical (unpaired) electrons. The predicted octanol–water partition coefficient (Wildman–Crippen LogP) is 3.32. The average molecular weight is 402 g/mol. The largest absolute Gasteiger partial charge is 0.495 e. The smallest absolute Gasteiger partial charge is 0.224 e. The van der Waals surface area contributed by atoms with E-state index in [4.69, 9.17) is 4.74 Å². The first-order valence-electron chi connectivity index (χ1n) is 9.65. The Kier molecular flexibility index (Phi) is 5.84. The molecule has 0 atom stereocenters. The molecule has 2 heterocycles. The summed E-state index contributed by atoms with van der Waals surface area (Å²) in [5.74, 6) is 1.83. The van der Waals surface area contributed by atoms with Gasteiger partial charge in [-0.3, -0.25) is 4.79 Å². The molecule has 2 N–H and O–H groups in total. The summed E-state index contributed by atoms with van der Waals surface area (Å²) in [7, 11) is 1.57. The molecule has 2 aromatic carbocycles. The van der Waals surface area contributed by atoms with Gasteiger partial charge in [-0.25, -0.2) is 0 Å². The van der Waals surface area contributed by atoms with E-state index < -0.39 is 0 Å². The van der Waals surface area contributed by atoms with Gasteiger partial charge < -0.3 is 15.4 Å². The standard InChI is InChI=1S/C22H22N6O2/c1-30-18-10-6-5-9-17(18)24-22(29)14-13-21-26-25-20-12-11-19(27-28(20)21)23-15-16-7-3-2-4-8-16/h2-12H,13-15H2,1H3,(H,23,27)(H,24,29). The number of ether oxygens (including phenoxy) is 1. The summed E-state index contributed by atoms with van der Waals surface area (Å²) in [6, 6.07) is 21.1. The van der Waals surface area contributed by atoms with Crippen LogP contribution in [0.25, 0.3) is 5.65 Å². The zero-order valence-corrected chi connectivity index (χ0v) is 16.6. The molecule has 2 aromatic heterocycles. The highest BCUT2D eigenvalue weighted by Crippen LogP contribution is 2.23.